The van der Waals surface area contributed by atoms with Crippen LogP contribution in [0.25, 0.3) is 33.7 Å². The summed E-state index contributed by atoms with van der Waals surface area (Å²) in [5.41, 5.74) is 6.28. The molecular weight excluding hydrogens is 582 g/mol. The molecule has 46 heavy (non-hydrogen) atoms. The van der Waals surface area contributed by atoms with Crippen LogP contribution in [0.15, 0.2) is 67.1 Å². The topological polar surface area (TPSA) is 142 Å². The zero-order valence-corrected chi connectivity index (χ0v) is 25.5. The molecule has 13 heteroatoms. The van der Waals surface area contributed by atoms with Gasteiger partial charge in [0.25, 0.3) is 0 Å². The molecule has 2 aliphatic rings. The lowest BCUT2D eigenvalue weighted by Gasteiger charge is -2.34. The second kappa shape index (κ2) is 13.0. The molecule has 13 nitrogen and oxygen atoms in total. The summed E-state index contributed by atoms with van der Waals surface area (Å²) in [6.07, 6.45) is 5.21. The first-order valence-corrected chi connectivity index (χ1v) is 15.3. The maximum atomic E-state index is 11.6. The SMILES string of the molecule is CC(=O)N1CCN(Cc2ccc(-c3cnc(N4CCO[C@@H](Cn5nnc6ncc(-c7cccc(C#N)c7)nc65)C4)nc3)cc2)CC1. The zero-order chi connectivity index (χ0) is 31.5. The predicted molar refractivity (Wildman–Crippen MR) is 170 cm³/mol. The third-order valence-electron chi connectivity index (χ3n) is 8.46. The van der Waals surface area contributed by atoms with Gasteiger partial charge in [-0.05, 0) is 23.3 Å². The summed E-state index contributed by atoms with van der Waals surface area (Å²) in [6, 6.07) is 18.0. The van der Waals surface area contributed by atoms with Gasteiger partial charge in [-0.1, -0.05) is 41.6 Å². The van der Waals surface area contributed by atoms with Gasteiger partial charge in [0.1, 0.15) is 0 Å². The Morgan fingerprint density at radius 1 is 0.957 bits per heavy atom. The van der Waals surface area contributed by atoms with E-state index in [-0.39, 0.29) is 12.0 Å². The lowest BCUT2D eigenvalue weighted by atomic mass is 10.1. The molecule has 2 fully saturated rings. The molecule has 5 aromatic rings. The zero-order valence-electron chi connectivity index (χ0n) is 25.5. The fourth-order valence-electron chi connectivity index (χ4n) is 5.89. The van der Waals surface area contributed by atoms with Gasteiger partial charge in [-0.3, -0.25) is 9.69 Å². The van der Waals surface area contributed by atoms with E-state index in [1.807, 2.05) is 29.4 Å². The van der Waals surface area contributed by atoms with Crippen molar-refractivity contribution in [3.8, 4) is 28.5 Å². The normalized spacial score (nSPS) is 17.3. The Kier molecular flexibility index (Phi) is 8.28. The molecule has 2 aromatic carbocycles. The molecule has 1 amide bonds. The molecule has 232 valence electrons. The van der Waals surface area contributed by atoms with Gasteiger partial charge in [0.2, 0.25) is 17.5 Å². The van der Waals surface area contributed by atoms with Gasteiger partial charge in [0, 0.05) is 76.3 Å². The van der Waals surface area contributed by atoms with Gasteiger partial charge in [0.05, 0.1) is 42.8 Å². The van der Waals surface area contributed by atoms with Crippen LogP contribution < -0.4 is 4.90 Å². The van der Waals surface area contributed by atoms with Gasteiger partial charge in [-0.15, -0.1) is 5.10 Å². The van der Waals surface area contributed by atoms with Crippen molar-refractivity contribution in [1.29, 1.82) is 5.26 Å². The molecule has 0 saturated carbocycles. The summed E-state index contributed by atoms with van der Waals surface area (Å²) in [5.74, 6) is 0.804. The highest BCUT2D eigenvalue weighted by Gasteiger charge is 2.25. The maximum absolute atomic E-state index is 11.6. The summed E-state index contributed by atoms with van der Waals surface area (Å²) in [7, 11) is 0. The molecule has 2 aliphatic heterocycles. The van der Waals surface area contributed by atoms with Crippen LogP contribution in [-0.4, -0.2) is 103 Å². The lowest BCUT2D eigenvalue weighted by Crippen LogP contribution is -2.47. The number of hydrogen-bond acceptors (Lipinski definition) is 11. The second-order valence-corrected chi connectivity index (χ2v) is 11.6. The highest BCUT2D eigenvalue weighted by atomic mass is 16.5. The van der Waals surface area contributed by atoms with Crippen LogP contribution in [0.3, 0.4) is 0 Å². The van der Waals surface area contributed by atoms with Crippen LogP contribution in [-0.2, 0) is 22.6 Å². The molecule has 0 unspecified atom stereocenters. The number of amides is 1. The van der Waals surface area contributed by atoms with Crippen LogP contribution in [0.2, 0.25) is 0 Å². The van der Waals surface area contributed by atoms with E-state index in [4.69, 9.17) is 19.7 Å². The standard InChI is InChI=1S/C33H33N11O2/c1-23(45)42-11-9-41(10-12-42)20-24-5-7-26(8-6-24)28-17-36-33(37-18-28)43-13-14-46-29(21-43)22-44-32-31(39-40-44)35-19-30(38-32)27-4-2-3-25(15-27)16-34/h2-8,15,17-19,29H,9-14,20-22H2,1H3/t29-/m1/s1. The van der Waals surface area contributed by atoms with Crippen molar-refractivity contribution < 1.29 is 9.53 Å². The van der Waals surface area contributed by atoms with E-state index in [1.54, 1.807) is 29.9 Å². The first-order valence-electron chi connectivity index (χ1n) is 15.3. The number of piperazine rings is 1. The van der Waals surface area contributed by atoms with E-state index in [0.29, 0.717) is 54.7 Å². The van der Waals surface area contributed by atoms with Crippen molar-refractivity contribution in [2.75, 3.05) is 50.8 Å². The average Bonchev–Trinajstić information content (AvgIpc) is 3.50. The largest absolute Gasteiger partial charge is 0.373 e. The lowest BCUT2D eigenvalue weighted by molar-refractivity contribution is -0.130. The van der Waals surface area contributed by atoms with Crippen LogP contribution in [0.1, 0.15) is 18.1 Å². The smallest absolute Gasteiger partial charge is 0.225 e. The van der Waals surface area contributed by atoms with Crippen LogP contribution in [0.4, 0.5) is 5.95 Å². The van der Waals surface area contributed by atoms with Crippen LogP contribution in [0, 0.1) is 11.3 Å². The predicted octanol–water partition coefficient (Wildman–Crippen LogP) is 2.79. The molecule has 2 saturated heterocycles. The minimum Gasteiger partial charge on any atom is -0.373 e. The van der Waals surface area contributed by atoms with Gasteiger partial charge in [0.15, 0.2) is 5.65 Å². The highest BCUT2D eigenvalue weighted by molar-refractivity contribution is 5.73. The number of ether oxygens (including phenoxy) is 1. The monoisotopic (exact) mass is 615 g/mol. The number of nitrogens with zero attached hydrogens (tertiary/aromatic N) is 11. The fraction of sp³-hybridized carbons (Fsp3) is 0.333. The Balaban J connectivity index is 0.980. The maximum Gasteiger partial charge on any atom is 0.225 e. The van der Waals surface area contributed by atoms with Crippen molar-refractivity contribution >= 4 is 23.1 Å². The summed E-state index contributed by atoms with van der Waals surface area (Å²) in [5, 5.41) is 17.8. The van der Waals surface area contributed by atoms with Gasteiger partial charge < -0.3 is 14.5 Å². The molecule has 5 heterocycles. The number of anilines is 1. The van der Waals surface area contributed by atoms with E-state index in [9.17, 15) is 10.1 Å². The number of nitriles is 1. The Morgan fingerprint density at radius 2 is 1.76 bits per heavy atom. The van der Waals surface area contributed by atoms with Crippen molar-refractivity contribution in [1.82, 2.24) is 44.7 Å². The molecular formula is C33H33N11O2. The number of rotatable bonds is 7. The minimum absolute atomic E-state index is 0.150. The molecule has 0 bridgehead atoms. The molecule has 7 rings (SSSR count). The van der Waals surface area contributed by atoms with Crippen molar-refractivity contribution in [3.63, 3.8) is 0 Å². The third kappa shape index (κ3) is 6.39. The Labute approximate surface area is 266 Å². The van der Waals surface area contributed by atoms with Crippen molar-refractivity contribution in [2.24, 2.45) is 0 Å². The molecule has 0 radical (unpaired) electrons. The van der Waals surface area contributed by atoms with E-state index in [0.717, 1.165) is 49.4 Å². The summed E-state index contributed by atoms with van der Waals surface area (Å²) >= 11 is 0. The minimum atomic E-state index is -0.174. The Hall–Kier alpha value is -5.32. The molecule has 0 spiro atoms. The number of benzene rings is 2. The highest BCUT2D eigenvalue weighted by Crippen LogP contribution is 2.23. The Bertz CT molecular complexity index is 1880. The summed E-state index contributed by atoms with van der Waals surface area (Å²) in [4.78, 5) is 36.6. The summed E-state index contributed by atoms with van der Waals surface area (Å²) < 4.78 is 7.80. The van der Waals surface area contributed by atoms with E-state index < -0.39 is 0 Å². The number of fused-ring (bicyclic) bond motifs is 1. The first kappa shape index (κ1) is 29.4. The van der Waals surface area contributed by atoms with Crippen LogP contribution >= 0.6 is 0 Å². The number of carbonyl (C=O) groups is 1. The fourth-order valence-corrected chi connectivity index (χ4v) is 5.89. The third-order valence-corrected chi connectivity index (χ3v) is 8.46. The molecule has 1 atom stereocenters. The van der Waals surface area contributed by atoms with Crippen molar-refractivity contribution in [2.45, 2.75) is 26.1 Å². The number of aromatic nitrogens is 7. The van der Waals surface area contributed by atoms with Gasteiger partial charge in [-0.2, -0.15) is 5.26 Å². The average molecular weight is 616 g/mol. The number of hydrogen-bond donors (Lipinski definition) is 0. The van der Waals surface area contributed by atoms with Crippen LogP contribution in [0.5, 0.6) is 0 Å². The second-order valence-electron chi connectivity index (χ2n) is 11.6. The van der Waals surface area contributed by atoms with Gasteiger partial charge in [-0.25, -0.2) is 24.6 Å². The molecule has 3 aromatic heterocycles. The first-order chi connectivity index (χ1) is 22.5. The van der Waals surface area contributed by atoms with E-state index in [2.05, 4.69) is 55.4 Å². The summed E-state index contributed by atoms with van der Waals surface area (Å²) in [6.45, 7) is 8.11. The van der Waals surface area contributed by atoms with E-state index >= 15 is 0 Å². The van der Waals surface area contributed by atoms with Crippen molar-refractivity contribution in [3.05, 3.63) is 78.2 Å². The molecule has 0 N–H and O–H groups in total. The van der Waals surface area contributed by atoms with Gasteiger partial charge >= 0.3 is 0 Å². The number of morpholine rings is 1. The van der Waals surface area contributed by atoms with E-state index in [1.165, 1.54) is 5.56 Å². The number of carbonyl (C=O) groups excluding carboxylic acids is 1. The quantitative estimate of drug-likeness (QED) is 0.267. The Morgan fingerprint density at radius 3 is 2.52 bits per heavy atom. The molecule has 0 aliphatic carbocycles.